The van der Waals surface area contributed by atoms with Crippen LogP contribution in [0.1, 0.15) is 32.1 Å². The highest BCUT2D eigenvalue weighted by atomic mass is 16.2. The van der Waals surface area contributed by atoms with Crippen LogP contribution in [-0.2, 0) is 4.79 Å². The summed E-state index contributed by atoms with van der Waals surface area (Å²) in [6.07, 6.45) is 8.82. The topological polar surface area (TPSA) is 55.8 Å². The summed E-state index contributed by atoms with van der Waals surface area (Å²) in [5, 5.41) is 0. The van der Waals surface area contributed by atoms with E-state index in [2.05, 4.69) is 26.7 Å². The van der Waals surface area contributed by atoms with Crippen molar-refractivity contribution >= 4 is 17.5 Å². The van der Waals surface area contributed by atoms with Crippen molar-refractivity contribution in [2.24, 2.45) is 5.41 Å². The molecule has 148 valence electrons. The van der Waals surface area contributed by atoms with Crippen molar-refractivity contribution in [2.45, 2.75) is 38.1 Å². The van der Waals surface area contributed by atoms with Crippen LogP contribution in [0.2, 0.25) is 0 Å². The molecule has 3 aliphatic heterocycles. The predicted molar refractivity (Wildman–Crippen MR) is 107 cm³/mol. The lowest BCUT2D eigenvalue weighted by atomic mass is 9.72. The van der Waals surface area contributed by atoms with Crippen LogP contribution in [-0.4, -0.2) is 85.6 Å². The first-order valence-corrected chi connectivity index (χ1v) is 10.2. The van der Waals surface area contributed by atoms with E-state index in [0.29, 0.717) is 11.9 Å². The van der Waals surface area contributed by atoms with Crippen LogP contribution in [0.25, 0.3) is 0 Å². The zero-order chi connectivity index (χ0) is 19.0. The van der Waals surface area contributed by atoms with Gasteiger partial charge in [0.25, 0.3) is 0 Å². The molecular formula is C20H32N6O. The molecule has 0 aliphatic carbocycles. The van der Waals surface area contributed by atoms with Crippen molar-refractivity contribution in [1.29, 1.82) is 0 Å². The molecule has 1 amide bonds. The fraction of sp³-hybridized carbons (Fsp3) is 0.750. The van der Waals surface area contributed by atoms with E-state index in [4.69, 9.17) is 4.98 Å². The molecule has 0 saturated carbocycles. The van der Waals surface area contributed by atoms with E-state index < -0.39 is 0 Å². The molecule has 0 radical (unpaired) electrons. The predicted octanol–water partition coefficient (Wildman–Crippen LogP) is 1.46. The number of nitrogens with zero attached hydrogens (tertiary/aromatic N) is 6. The van der Waals surface area contributed by atoms with E-state index in [1.807, 2.05) is 25.2 Å². The van der Waals surface area contributed by atoms with Crippen LogP contribution < -0.4 is 9.80 Å². The Labute approximate surface area is 162 Å². The summed E-state index contributed by atoms with van der Waals surface area (Å²) in [6, 6.07) is 0.417. The molecule has 1 aromatic heterocycles. The van der Waals surface area contributed by atoms with Gasteiger partial charge in [-0.15, -0.1) is 0 Å². The Morgan fingerprint density at radius 1 is 1.15 bits per heavy atom. The van der Waals surface area contributed by atoms with Gasteiger partial charge in [-0.1, -0.05) is 0 Å². The van der Waals surface area contributed by atoms with Crippen molar-refractivity contribution in [3.05, 3.63) is 12.4 Å². The van der Waals surface area contributed by atoms with E-state index in [-0.39, 0.29) is 5.41 Å². The molecule has 0 unspecified atom stereocenters. The summed E-state index contributed by atoms with van der Waals surface area (Å²) in [5.41, 5.74) is 0.290. The van der Waals surface area contributed by atoms with Crippen molar-refractivity contribution < 1.29 is 4.79 Å². The molecule has 3 aliphatic rings. The lowest BCUT2D eigenvalue weighted by Crippen LogP contribution is -2.55. The van der Waals surface area contributed by atoms with Gasteiger partial charge in [-0.25, -0.2) is 4.98 Å². The quantitative estimate of drug-likeness (QED) is 0.801. The van der Waals surface area contributed by atoms with E-state index in [9.17, 15) is 4.79 Å². The Morgan fingerprint density at radius 3 is 2.59 bits per heavy atom. The molecule has 27 heavy (non-hydrogen) atoms. The monoisotopic (exact) mass is 372 g/mol. The summed E-state index contributed by atoms with van der Waals surface area (Å²) >= 11 is 0. The van der Waals surface area contributed by atoms with Gasteiger partial charge in [-0.3, -0.25) is 9.78 Å². The molecule has 4 rings (SSSR count). The lowest BCUT2D eigenvalue weighted by Gasteiger charge is -2.49. The largest absolute Gasteiger partial charge is 0.361 e. The molecule has 0 N–H and O–H groups in total. The second-order valence-electron chi connectivity index (χ2n) is 8.84. The number of carbonyl (C=O) groups is 1. The van der Waals surface area contributed by atoms with Gasteiger partial charge in [0.05, 0.1) is 12.4 Å². The van der Waals surface area contributed by atoms with Gasteiger partial charge in [0.2, 0.25) is 5.91 Å². The summed E-state index contributed by atoms with van der Waals surface area (Å²) < 4.78 is 0. The summed E-state index contributed by atoms with van der Waals surface area (Å²) in [4.78, 5) is 30.6. The van der Waals surface area contributed by atoms with E-state index >= 15 is 0 Å². The van der Waals surface area contributed by atoms with Gasteiger partial charge in [0.1, 0.15) is 11.6 Å². The van der Waals surface area contributed by atoms with Gasteiger partial charge in [0.15, 0.2) is 0 Å². The van der Waals surface area contributed by atoms with Crippen molar-refractivity contribution in [3.8, 4) is 0 Å². The molecule has 7 nitrogen and oxygen atoms in total. The number of carbonyl (C=O) groups excluding carboxylic acids is 1. The third-order valence-electron chi connectivity index (χ3n) is 6.72. The Balaban J connectivity index is 1.42. The van der Waals surface area contributed by atoms with Gasteiger partial charge >= 0.3 is 0 Å². The highest BCUT2D eigenvalue weighted by Gasteiger charge is 2.43. The zero-order valence-corrected chi connectivity index (χ0v) is 16.9. The van der Waals surface area contributed by atoms with E-state index in [0.717, 1.165) is 76.5 Å². The third-order valence-corrected chi connectivity index (χ3v) is 6.72. The maximum absolute atomic E-state index is 12.6. The Kier molecular flexibility index (Phi) is 4.97. The van der Waals surface area contributed by atoms with Crippen LogP contribution in [0, 0.1) is 5.41 Å². The van der Waals surface area contributed by atoms with E-state index in [1.165, 1.54) is 0 Å². The first-order chi connectivity index (χ1) is 13.0. The van der Waals surface area contributed by atoms with Gasteiger partial charge in [-0.05, 0) is 44.7 Å². The number of piperidine rings is 2. The summed E-state index contributed by atoms with van der Waals surface area (Å²) in [6.45, 7) is 5.08. The molecule has 7 heteroatoms. The SMILES string of the molecule is CN1CC[C@H](N2CC3(CCC2=O)CCN(c2cncc(N(C)C)n2)CC3)C1. The first-order valence-electron chi connectivity index (χ1n) is 10.2. The van der Waals surface area contributed by atoms with Crippen LogP contribution >= 0.6 is 0 Å². The Bertz CT molecular complexity index is 685. The Hall–Kier alpha value is -1.89. The fourth-order valence-corrected chi connectivity index (χ4v) is 4.87. The van der Waals surface area contributed by atoms with Crippen molar-refractivity contribution in [1.82, 2.24) is 19.8 Å². The number of rotatable bonds is 3. The number of anilines is 2. The van der Waals surface area contributed by atoms with Crippen LogP contribution in [0.4, 0.5) is 11.6 Å². The second-order valence-corrected chi connectivity index (χ2v) is 8.84. The number of hydrogen-bond acceptors (Lipinski definition) is 6. The number of hydrogen-bond donors (Lipinski definition) is 0. The molecule has 3 fully saturated rings. The normalized spacial score (nSPS) is 26.0. The van der Waals surface area contributed by atoms with Gasteiger partial charge in [-0.2, -0.15) is 0 Å². The zero-order valence-electron chi connectivity index (χ0n) is 16.9. The number of aromatic nitrogens is 2. The third kappa shape index (κ3) is 3.74. The molecule has 1 aromatic rings. The number of likely N-dealkylation sites (tertiary alicyclic amines) is 2. The molecule has 1 atom stereocenters. The molecular weight excluding hydrogens is 340 g/mol. The molecule has 3 saturated heterocycles. The van der Waals surface area contributed by atoms with Crippen LogP contribution in [0.5, 0.6) is 0 Å². The highest BCUT2D eigenvalue weighted by Crippen LogP contribution is 2.42. The molecule has 4 heterocycles. The maximum atomic E-state index is 12.6. The number of amides is 1. The molecule has 0 bridgehead atoms. The van der Waals surface area contributed by atoms with Gasteiger partial charge < -0.3 is 19.6 Å². The number of likely N-dealkylation sites (N-methyl/N-ethyl adjacent to an activating group) is 1. The highest BCUT2D eigenvalue weighted by molar-refractivity contribution is 5.77. The lowest BCUT2D eigenvalue weighted by molar-refractivity contribution is -0.141. The molecule has 1 spiro atoms. The second kappa shape index (κ2) is 7.26. The summed E-state index contributed by atoms with van der Waals surface area (Å²) in [7, 11) is 6.14. The first kappa shape index (κ1) is 18.5. The van der Waals surface area contributed by atoms with E-state index in [1.54, 1.807) is 6.20 Å². The fourth-order valence-electron chi connectivity index (χ4n) is 4.87. The van der Waals surface area contributed by atoms with Gasteiger partial charge in [0, 0.05) is 52.7 Å². The smallest absolute Gasteiger partial charge is 0.222 e. The Morgan fingerprint density at radius 2 is 1.93 bits per heavy atom. The minimum atomic E-state index is 0.290. The maximum Gasteiger partial charge on any atom is 0.222 e. The molecule has 0 aromatic carbocycles. The minimum Gasteiger partial charge on any atom is -0.361 e. The van der Waals surface area contributed by atoms with Crippen LogP contribution in [0.3, 0.4) is 0 Å². The summed E-state index contributed by atoms with van der Waals surface area (Å²) in [5.74, 6) is 2.23. The van der Waals surface area contributed by atoms with Crippen molar-refractivity contribution in [2.75, 3.05) is 63.7 Å². The average molecular weight is 373 g/mol. The van der Waals surface area contributed by atoms with Crippen LogP contribution in [0.15, 0.2) is 12.4 Å². The standard InChI is InChI=1S/C20H32N6O/c1-23(2)17-12-21-13-18(22-17)25-10-7-20(8-11-25)6-4-19(27)26(15-20)16-5-9-24(3)14-16/h12-13,16H,4-11,14-15H2,1-3H3/t16-/m0/s1. The average Bonchev–Trinajstić information content (AvgIpc) is 3.11. The van der Waals surface area contributed by atoms with Crippen molar-refractivity contribution in [3.63, 3.8) is 0 Å². The minimum absolute atomic E-state index is 0.290.